The molecular formula is C28H29Cl2N5O4. The van der Waals surface area contributed by atoms with Crippen molar-refractivity contribution in [3.8, 4) is 11.8 Å². The van der Waals surface area contributed by atoms with Crippen molar-refractivity contribution in [1.82, 2.24) is 16.1 Å². The van der Waals surface area contributed by atoms with Crippen LogP contribution in [-0.2, 0) is 16.1 Å². The smallest absolute Gasteiger partial charge is 0.267 e. The average molecular weight is 570 g/mol. The molecule has 0 bridgehead atoms. The molecule has 3 aromatic carbocycles. The van der Waals surface area contributed by atoms with Crippen LogP contribution < -0.4 is 27.2 Å². The molecule has 0 heterocycles. The molecular weight excluding hydrogens is 541 g/mol. The minimum absolute atomic E-state index is 0. The van der Waals surface area contributed by atoms with Crippen LogP contribution in [0.5, 0.6) is 0 Å². The van der Waals surface area contributed by atoms with Crippen molar-refractivity contribution < 1.29 is 19.6 Å². The molecule has 0 aliphatic rings. The molecule has 0 saturated heterocycles. The van der Waals surface area contributed by atoms with Crippen LogP contribution in [0.4, 0.5) is 5.69 Å². The first-order chi connectivity index (χ1) is 18.3. The van der Waals surface area contributed by atoms with E-state index in [1.807, 2.05) is 0 Å². The molecule has 0 fully saturated rings. The number of halogens is 2. The molecule has 7 N–H and O–H groups in total. The number of benzene rings is 3. The fourth-order valence-corrected chi connectivity index (χ4v) is 3.69. The summed E-state index contributed by atoms with van der Waals surface area (Å²) < 4.78 is 0. The molecule has 3 rings (SSSR count). The summed E-state index contributed by atoms with van der Waals surface area (Å²) in [5, 5.41) is 18.1. The van der Waals surface area contributed by atoms with Crippen molar-refractivity contribution in [1.29, 1.82) is 0 Å². The topological polar surface area (TPSA) is 146 Å². The van der Waals surface area contributed by atoms with E-state index in [9.17, 15) is 14.4 Å². The van der Waals surface area contributed by atoms with Gasteiger partial charge < -0.3 is 21.7 Å². The molecule has 1 atom stereocenters. The van der Waals surface area contributed by atoms with Crippen LogP contribution >= 0.6 is 23.2 Å². The monoisotopic (exact) mass is 569 g/mol. The molecule has 0 unspecified atom stereocenters. The highest BCUT2D eigenvalue weighted by atomic mass is 35.5. The van der Waals surface area contributed by atoms with Gasteiger partial charge >= 0.3 is 0 Å². The van der Waals surface area contributed by atoms with Gasteiger partial charge in [0.05, 0.1) is 6.54 Å². The Morgan fingerprint density at radius 1 is 0.923 bits per heavy atom. The molecule has 0 aliphatic carbocycles. The molecule has 204 valence electrons. The molecule has 9 nitrogen and oxygen atoms in total. The number of hydrogen-bond acceptors (Lipinski definition) is 6. The summed E-state index contributed by atoms with van der Waals surface area (Å²) in [6.07, 6.45) is 0. The van der Waals surface area contributed by atoms with Crippen LogP contribution in [0.25, 0.3) is 0 Å². The molecule has 0 aromatic heterocycles. The molecule has 0 saturated carbocycles. The fraction of sp³-hybridized carbons (Fsp3) is 0.179. The maximum absolute atomic E-state index is 12.3. The van der Waals surface area contributed by atoms with E-state index < -0.39 is 17.9 Å². The lowest BCUT2D eigenvalue weighted by Gasteiger charge is -2.14. The highest BCUT2D eigenvalue weighted by Crippen LogP contribution is 2.20. The normalized spacial score (nSPS) is 10.8. The summed E-state index contributed by atoms with van der Waals surface area (Å²) in [6.45, 7) is 0.370. The summed E-state index contributed by atoms with van der Waals surface area (Å²) in [4.78, 5) is 36.0. The molecule has 3 amide bonds. The Bertz CT molecular complexity index is 1350. The van der Waals surface area contributed by atoms with Crippen molar-refractivity contribution in [3.63, 3.8) is 0 Å². The van der Waals surface area contributed by atoms with E-state index in [0.29, 0.717) is 33.4 Å². The van der Waals surface area contributed by atoms with Gasteiger partial charge in [0.25, 0.3) is 11.8 Å². The van der Waals surface area contributed by atoms with E-state index in [-0.39, 0.29) is 26.4 Å². The van der Waals surface area contributed by atoms with Gasteiger partial charge in [-0.05, 0) is 66.2 Å². The average Bonchev–Trinajstić information content (AvgIpc) is 2.92. The summed E-state index contributed by atoms with van der Waals surface area (Å²) >= 11 is 12.0. The van der Waals surface area contributed by atoms with Crippen LogP contribution in [0.3, 0.4) is 0 Å². The van der Waals surface area contributed by atoms with E-state index in [2.05, 4.69) is 27.8 Å². The SMILES string of the molecule is C.NC[C@H](NC(=O)c1ccc(C#Cc2ccc(NC(=O)CNCc3ccc(Cl)cc3Cl)cc2)cc1)C(=O)NO. The molecule has 0 aliphatic heterocycles. The third-order valence-corrected chi connectivity index (χ3v) is 5.84. The summed E-state index contributed by atoms with van der Waals surface area (Å²) in [7, 11) is 0. The summed E-state index contributed by atoms with van der Waals surface area (Å²) in [5.41, 5.74) is 10.1. The third-order valence-electron chi connectivity index (χ3n) is 5.25. The lowest BCUT2D eigenvalue weighted by molar-refractivity contribution is -0.130. The van der Waals surface area contributed by atoms with Crippen molar-refractivity contribution >= 4 is 46.6 Å². The minimum atomic E-state index is -1.05. The largest absolute Gasteiger partial charge is 0.339 e. The van der Waals surface area contributed by atoms with Gasteiger partial charge in [0.1, 0.15) is 6.04 Å². The highest BCUT2D eigenvalue weighted by Gasteiger charge is 2.19. The Morgan fingerprint density at radius 3 is 2.10 bits per heavy atom. The maximum Gasteiger partial charge on any atom is 0.267 e. The van der Waals surface area contributed by atoms with Gasteiger partial charge in [-0.1, -0.05) is 48.5 Å². The van der Waals surface area contributed by atoms with Crippen LogP contribution in [0.2, 0.25) is 10.0 Å². The number of hydroxylamine groups is 1. The van der Waals surface area contributed by atoms with Gasteiger partial charge in [-0.25, -0.2) is 5.48 Å². The van der Waals surface area contributed by atoms with Gasteiger partial charge in [-0.15, -0.1) is 0 Å². The van der Waals surface area contributed by atoms with Crippen molar-refractivity contribution in [2.45, 2.75) is 20.0 Å². The number of amides is 3. The zero-order valence-electron chi connectivity index (χ0n) is 20.1. The van der Waals surface area contributed by atoms with Gasteiger partial charge in [0.15, 0.2) is 0 Å². The number of nitrogens with two attached hydrogens (primary N) is 1. The first kappa shape index (κ1) is 31.3. The van der Waals surface area contributed by atoms with Crippen LogP contribution in [0.15, 0.2) is 66.7 Å². The Hall–Kier alpha value is -3.91. The predicted octanol–water partition coefficient (Wildman–Crippen LogP) is 3.32. The first-order valence-corrected chi connectivity index (χ1v) is 12.2. The Labute approximate surface area is 237 Å². The first-order valence-electron chi connectivity index (χ1n) is 11.4. The highest BCUT2D eigenvalue weighted by molar-refractivity contribution is 6.35. The molecule has 39 heavy (non-hydrogen) atoms. The van der Waals surface area contributed by atoms with E-state index >= 15 is 0 Å². The number of anilines is 1. The van der Waals surface area contributed by atoms with E-state index in [1.165, 1.54) is 5.48 Å². The second-order valence-corrected chi connectivity index (χ2v) is 8.87. The Morgan fingerprint density at radius 2 is 1.54 bits per heavy atom. The molecule has 3 aromatic rings. The lowest BCUT2D eigenvalue weighted by Crippen LogP contribution is -2.50. The predicted molar refractivity (Wildman–Crippen MR) is 153 cm³/mol. The van der Waals surface area contributed by atoms with Crippen molar-refractivity contribution in [3.05, 3.63) is 99.0 Å². The lowest BCUT2D eigenvalue weighted by atomic mass is 10.1. The van der Waals surface area contributed by atoms with Crippen LogP contribution in [-0.4, -0.2) is 42.1 Å². The van der Waals surface area contributed by atoms with Gasteiger partial charge in [0.2, 0.25) is 5.91 Å². The summed E-state index contributed by atoms with van der Waals surface area (Å²) in [6, 6.07) is 17.7. The Balaban J connectivity index is 0.00000533. The maximum atomic E-state index is 12.3. The quantitative estimate of drug-likeness (QED) is 0.132. The van der Waals surface area contributed by atoms with Crippen LogP contribution in [0.1, 0.15) is 34.5 Å². The second-order valence-electron chi connectivity index (χ2n) is 8.03. The minimum Gasteiger partial charge on any atom is -0.339 e. The number of carbonyl (C=O) groups is 3. The number of rotatable bonds is 9. The number of hydrogen-bond donors (Lipinski definition) is 6. The zero-order valence-corrected chi connectivity index (χ0v) is 21.6. The molecule has 11 heteroatoms. The molecule has 0 radical (unpaired) electrons. The number of carbonyl (C=O) groups excluding carboxylic acids is 3. The zero-order chi connectivity index (χ0) is 27.5. The van der Waals surface area contributed by atoms with Crippen molar-refractivity contribution in [2.24, 2.45) is 5.73 Å². The second kappa shape index (κ2) is 15.5. The van der Waals surface area contributed by atoms with E-state index in [0.717, 1.165) is 11.1 Å². The van der Waals surface area contributed by atoms with E-state index in [4.69, 9.17) is 34.1 Å². The van der Waals surface area contributed by atoms with Crippen LogP contribution in [0, 0.1) is 11.8 Å². The standard InChI is InChI=1S/C27H25Cl2N5O4.CH4/c28-21-10-9-20(23(29)13-21)15-31-16-25(35)32-22-11-5-18(6-12-22)2-1-17-3-7-19(8-4-17)26(36)33-24(14-30)27(37)34-38;/h3-13,24,31,38H,14-16,30H2,(H,32,35)(H,33,36)(H,34,37);1H4/t24-;/m0./s1. The summed E-state index contributed by atoms with van der Waals surface area (Å²) in [5.74, 6) is 4.51. The third kappa shape index (κ3) is 9.72. The number of nitrogens with one attached hydrogen (secondary N) is 4. The van der Waals surface area contributed by atoms with Gasteiger partial charge in [-0.3, -0.25) is 19.6 Å². The molecule has 0 spiro atoms. The van der Waals surface area contributed by atoms with Gasteiger partial charge in [-0.2, -0.15) is 0 Å². The van der Waals surface area contributed by atoms with Crippen molar-refractivity contribution in [2.75, 3.05) is 18.4 Å². The van der Waals surface area contributed by atoms with E-state index in [1.54, 1.807) is 66.7 Å². The van der Waals surface area contributed by atoms with Gasteiger partial charge in [0, 0.05) is 45.5 Å². The Kier molecular flexibility index (Phi) is 12.4. The fourth-order valence-electron chi connectivity index (χ4n) is 3.22.